The number of carbonyl (C=O) groups is 2. The highest BCUT2D eigenvalue weighted by Gasteiger charge is 2.20. The Balaban J connectivity index is 2.00. The van der Waals surface area contributed by atoms with E-state index >= 15 is 0 Å². The van der Waals surface area contributed by atoms with Gasteiger partial charge in [-0.25, -0.2) is 4.68 Å². The fourth-order valence-corrected chi connectivity index (χ4v) is 2.55. The van der Waals surface area contributed by atoms with Crippen molar-refractivity contribution in [3.05, 3.63) is 47.8 Å². The van der Waals surface area contributed by atoms with Crippen molar-refractivity contribution in [1.29, 1.82) is 0 Å². The highest BCUT2D eigenvalue weighted by Crippen LogP contribution is 2.13. The van der Waals surface area contributed by atoms with Crippen molar-refractivity contribution in [3.8, 4) is 5.69 Å². The largest absolute Gasteiger partial charge is 0.481 e. The molecule has 1 aromatic carbocycles. The Morgan fingerprint density at radius 1 is 1.21 bits per heavy atom. The van der Waals surface area contributed by atoms with Crippen LogP contribution < -0.4 is 5.32 Å². The molecule has 0 saturated heterocycles. The number of rotatable bonds is 7. The van der Waals surface area contributed by atoms with Crippen molar-refractivity contribution in [2.45, 2.75) is 27.2 Å². The van der Waals surface area contributed by atoms with Gasteiger partial charge in [0.2, 0.25) is 0 Å². The van der Waals surface area contributed by atoms with E-state index in [2.05, 4.69) is 10.4 Å². The summed E-state index contributed by atoms with van der Waals surface area (Å²) in [6.07, 6.45) is 2.25. The first-order chi connectivity index (χ1) is 11.4. The number of amides is 1. The van der Waals surface area contributed by atoms with E-state index in [-0.39, 0.29) is 18.4 Å². The number of hydrogen-bond acceptors (Lipinski definition) is 3. The van der Waals surface area contributed by atoms with E-state index in [9.17, 15) is 14.7 Å². The molecule has 128 valence electrons. The number of nitrogens with zero attached hydrogens (tertiary/aromatic N) is 2. The minimum Gasteiger partial charge on any atom is -0.481 e. The van der Waals surface area contributed by atoms with Gasteiger partial charge in [-0.15, -0.1) is 0 Å². The van der Waals surface area contributed by atoms with Crippen LogP contribution in [0.1, 0.15) is 36.3 Å². The molecular weight excluding hydrogens is 306 g/mol. The predicted octanol–water partition coefficient (Wildman–Crippen LogP) is 2.66. The maximum absolute atomic E-state index is 12.2. The van der Waals surface area contributed by atoms with Gasteiger partial charge in [0.1, 0.15) is 0 Å². The van der Waals surface area contributed by atoms with Crippen molar-refractivity contribution < 1.29 is 14.7 Å². The minimum absolute atomic E-state index is 0.131. The molecule has 1 aromatic heterocycles. The Morgan fingerprint density at radius 2 is 1.88 bits per heavy atom. The highest BCUT2D eigenvalue weighted by molar-refractivity contribution is 5.94. The number of benzene rings is 1. The molecule has 0 radical (unpaired) electrons. The Bertz CT molecular complexity index is 705. The number of aliphatic carboxylic acids is 1. The molecule has 6 nitrogen and oxygen atoms in total. The number of carboxylic acid groups (broad SMARTS) is 1. The fourth-order valence-electron chi connectivity index (χ4n) is 2.55. The number of hydrogen-bond donors (Lipinski definition) is 2. The molecule has 24 heavy (non-hydrogen) atoms. The quantitative estimate of drug-likeness (QED) is 0.818. The number of carboxylic acids is 1. The lowest BCUT2D eigenvalue weighted by Crippen LogP contribution is -2.33. The average Bonchev–Trinajstić information content (AvgIpc) is 2.96. The lowest BCUT2D eigenvalue weighted by atomic mass is 9.97. The van der Waals surface area contributed by atoms with Gasteiger partial charge < -0.3 is 10.4 Å². The molecule has 1 heterocycles. The van der Waals surface area contributed by atoms with Crippen LogP contribution in [0.3, 0.4) is 0 Å². The van der Waals surface area contributed by atoms with Crippen molar-refractivity contribution in [3.63, 3.8) is 0 Å². The molecule has 6 heteroatoms. The fraction of sp³-hybridized carbons (Fsp3) is 0.389. The first-order valence-corrected chi connectivity index (χ1v) is 8.00. The molecule has 0 spiro atoms. The number of nitrogens with one attached hydrogen (secondary N) is 1. The first-order valence-electron chi connectivity index (χ1n) is 8.00. The zero-order chi connectivity index (χ0) is 17.7. The molecule has 0 aliphatic carbocycles. The number of carbonyl (C=O) groups excluding carboxylic acids is 1. The average molecular weight is 329 g/mol. The van der Waals surface area contributed by atoms with Crippen LogP contribution in [0, 0.1) is 18.8 Å². The van der Waals surface area contributed by atoms with Crippen molar-refractivity contribution in [2.75, 3.05) is 6.54 Å². The summed E-state index contributed by atoms with van der Waals surface area (Å²) in [7, 11) is 0. The van der Waals surface area contributed by atoms with Crippen LogP contribution in [-0.4, -0.2) is 33.3 Å². The summed E-state index contributed by atoms with van der Waals surface area (Å²) in [4.78, 5) is 23.4. The van der Waals surface area contributed by atoms with Crippen LogP contribution in [0.25, 0.3) is 5.69 Å². The summed E-state index contributed by atoms with van der Waals surface area (Å²) in [6, 6.07) is 8.96. The van der Waals surface area contributed by atoms with Crippen molar-refractivity contribution >= 4 is 11.9 Å². The van der Waals surface area contributed by atoms with Gasteiger partial charge in [0.25, 0.3) is 5.91 Å². The maximum atomic E-state index is 12.2. The third-order valence-corrected chi connectivity index (χ3v) is 3.82. The van der Waals surface area contributed by atoms with Gasteiger partial charge in [-0.1, -0.05) is 13.8 Å². The molecule has 1 unspecified atom stereocenters. The first kappa shape index (κ1) is 17.7. The minimum atomic E-state index is -0.881. The maximum Gasteiger partial charge on any atom is 0.308 e. The zero-order valence-corrected chi connectivity index (χ0v) is 14.2. The summed E-state index contributed by atoms with van der Waals surface area (Å²) in [5.74, 6) is -1.46. The summed E-state index contributed by atoms with van der Waals surface area (Å²) >= 11 is 0. The second-order valence-corrected chi connectivity index (χ2v) is 6.31. The number of aryl methyl sites for hydroxylation is 1. The third-order valence-electron chi connectivity index (χ3n) is 3.82. The molecule has 0 aliphatic rings. The van der Waals surface area contributed by atoms with Gasteiger partial charge in [-0.05, 0) is 49.6 Å². The third kappa shape index (κ3) is 4.44. The van der Waals surface area contributed by atoms with Crippen LogP contribution >= 0.6 is 0 Å². The van der Waals surface area contributed by atoms with Gasteiger partial charge in [-0.2, -0.15) is 5.10 Å². The molecule has 0 bridgehead atoms. The second kappa shape index (κ2) is 7.77. The Labute approximate surface area is 141 Å². The lowest BCUT2D eigenvalue weighted by Gasteiger charge is -2.15. The summed E-state index contributed by atoms with van der Waals surface area (Å²) in [6.45, 7) is 6.02. The molecule has 2 rings (SSSR count). The lowest BCUT2D eigenvalue weighted by molar-refractivity contribution is -0.142. The SMILES string of the molecule is Cc1ccnn1-c1ccc(C(=O)NCC(CC(C)C)C(=O)O)cc1. The molecule has 0 fully saturated rings. The number of aromatic nitrogens is 2. The van der Waals surface area contributed by atoms with Crippen LogP contribution in [0.4, 0.5) is 0 Å². The van der Waals surface area contributed by atoms with Crippen LogP contribution in [0.5, 0.6) is 0 Å². The van der Waals surface area contributed by atoms with Gasteiger partial charge in [-0.3, -0.25) is 9.59 Å². The molecule has 2 N–H and O–H groups in total. The van der Waals surface area contributed by atoms with E-state index in [0.717, 1.165) is 11.4 Å². The van der Waals surface area contributed by atoms with Gasteiger partial charge in [0.15, 0.2) is 0 Å². The van der Waals surface area contributed by atoms with Crippen LogP contribution in [0.2, 0.25) is 0 Å². The molecule has 1 amide bonds. The van der Waals surface area contributed by atoms with Crippen LogP contribution in [0.15, 0.2) is 36.5 Å². The summed E-state index contributed by atoms with van der Waals surface area (Å²) in [5, 5.41) is 16.1. The molecular formula is C18H23N3O3. The van der Waals surface area contributed by atoms with Crippen molar-refractivity contribution in [1.82, 2.24) is 15.1 Å². The van der Waals surface area contributed by atoms with E-state index in [4.69, 9.17) is 0 Å². The molecule has 1 atom stereocenters. The van der Waals surface area contributed by atoms with Gasteiger partial charge in [0, 0.05) is 24.0 Å². The standard InChI is InChI=1S/C18H23N3O3/c1-12(2)10-15(18(23)24)11-19-17(22)14-4-6-16(7-5-14)21-13(3)8-9-20-21/h4-9,12,15H,10-11H2,1-3H3,(H,19,22)(H,23,24). The predicted molar refractivity (Wildman–Crippen MR) is 91.2 cm³/mol. The van der Waals surface area contributed by atoms with Gasteiger partial charge >= 0.3 is 5.97 Å². The zero-order valence-electron chi connectivity index (χ0n) is 14.2. The van der Waals surface area contributed by atoms with E-state index < -0.39 is 11.9 Å². The van der Waals surface area contributed by atoms with E-state index in [1.165, 1.54) is 0 Å². The molecule has 0 aliphatic heterocycles. The topological polar surface area (TPSA) is 84.2 Å². The normalized spacial score (nSPS) is 12.2. The summed E-state index contributed by atoms with van der Waals surface area (Å²) < 4.78 is 1.78. The smallest absolute Gasteiger partial charge is 0.308 e. The Morgan fingerprint density at radius 3 is 2.38 bits per heavy atom. The van der Waals surface area contributed by atoms with E-state index in [1.54, 1.807) is 23.0 Å². The second-order valence-electron chi connectivity index (χ2n) is 6.31. The Kier molecular flexibility index (Phi) is 5.73. The molecule has 2 aromatic rings. The van der Waals surface area contributed by atoms with Gasteiger partial charge in [0.05, 0.1) is 11.6 Å². The Hall–Kier alpha value is -2.63. The van der Waals surface area contributed by atoms with Crippen LogP contribution in [-0.2, 0) is 4.79 Å². The van der Waals surface area contributed by atoms with E-state index in [1.807, 2.05) is 39.0 Å². The molecule has 0 saturated carbocycles. The monoisotopic (exact) mass is 329 g/mol. The van der Waals surface area contributed by atoms with Crippen molar-refractivity contribution in [2.24, 2.45) is 11.8 Å². The van der Waals surface area contributed by atoms with E-state index in [0.29, 0.717) is 12.0 Å². The highest BCUT2D eigenvalue weighted by atomic mass is 16.4. The summed E-state index contributed by atoms with van der Waals surface area (Å²) in [5.41, 5.74) is 2.37.